The molecule has 1 aliphatic rings. The van der Waals surface area contributed by atoms with E-state index in [9.17, 15) is 22.8 Å². The third-order valence-corrected chi connectivity index (χ3v) is 7.63. The van der Waals surface area contributed by atoms with Gasteiger partial charge >= 0.3 is 6.36 Å². The van der Waals surface area contributed by atoms with Crippen molar-refractivity contribution >= 4 is 34.1 Å². The average molecular weight is 598 g/mol. The second-order valence-electron chi connectivity index (χ2n) is 9.90. The largest absolute Gasteiger partial charge is 0.573 e. The Kier molecular flexibility index (Phi) is 9.00. The molecule has 0 aliphatic heterocycles. The van der Waals surface area contributed by atoms with Crippen LogP contribution in [0.4, 0.5) is 24.1 Å². The molecule has 1 aromatic carbocycles. The highest BCUT2D eigenvalue weighted by Crippen LogP contribution is 2.41. The summed E-state index contributed by atoms with van der Waals surface area (Å²) in [6.45, 7) is 0. The molecule has 1 saturated carbocycles. The van der Waals surface area contributed by atoms with E-state index in [-0.39, 0.29) is 36.2 Å². The summed E-state index contributed by atoms with van der Waals surface area (Å²) in [7, 11) is 0. The number of nitrogens with one attached hydrogen (secondary N) is 2. The van der Waals surface area contributed by atoms with Crippen molar-refractivity contribution < 1.29 is 27.5 Å². The minimum Gasteiger partial charge on any atom is -0.406 e. The molecular formula is C28H26F3N7O3S. The fourth-order valence-corrected chi connectivity index (χ4v) is 5.73. The lowest BCUT2D eigenvalue weighted by atomic mass is 10.00. The number of aromatic nitrogens is 5. The zero-order valence-corrected chi connectivity index (χ0v) is 23.0. The number of benzene rings is 1. The van der Waals surface area contributed by atoms with Crippen LogP contribution in [-0.2, 0) is 28.9 Å². The van der Waals surface area contributed by atoms with Crippen LogP contribution in [0.1, 0.15) is 47.1 Å². The molecule has 3 heterocycles. The summed E-state index contributed by atoms with van der Waals surface area (Å²) in [5.74, 6) is -0.140. The van der Waals surface area contributed by atoms with Gasteiger partial charge in [0, 0.05) is 17.8 Å². The number of carbonyl (C=O) groups is 2. The normalized spacial score (nSPS) is 16.6. The summed E-state index contributed by atoms with van der Waals surface area (Å²) in [6.07, 6.45) is 0.431. The average Bonchev–Trinajstić information content (AvgIpc) is 3.59. The molecule has 0 unspecified atom stereocenters. The van der Waals surface area contributed by atoms with Crippen molar-refractivity contribution in [2.75, 3.05) is 10.6 Å². The van der Waals surface area contributed by atoms with Crippen LogP contribution in [0.5, 0.6) is 5.75 Å². The Labute approximate surface area is 242 Å². The van der Waals surface area contributed by atoms with Gasteiger partial charge in [-0.25, -0.2) is 0 Å². The lowest BCUT2D eigenvalue weighted by molar-refractivity contribution is -0.274. The second kappa shape index (κ2) is 13.0. The summed E-state index contributed by atoms with van der Waals surface area (Å²) >= 11 is 1.39. The minimum atomic E-state index is -4.81. The number of hydrogen-bond acceptors (Lipinski definition) is 9. The molecule has 0 spiro atoms. The van der Waals surface area contributed by atoms with Gasteiger partial charge in [0.05, 0.1) is 18.5 Å². The topological polar surface area (TPSA) is 132 Å². The van der Waals surface area contributed by atoms with E-state index in [1.165, 1.54) is 35.6 Å². The number of rotatable bonds is 10. The Morgan fingerprint density at radius 2 is 1.76 bits per heavy atom. The van der Waals surface area contributed by atoms with Crippen molar-refractivity contribution in [2.24, 2.45) is 5.92 Å². The van der Waals surface area contributed by atoms with Crippen LogP contribution >= 0.6 is 11.3 Å². The Morgan fingerprint density at radius 3 is 2.52 bits per heavy atom. The number of carbonyl (C=O) groups excluding carboxylic acids is 2. The molecule has 218 valence electrons. The molecular weight excluding hydrogens is 571 g/mol. The van der Waals surface area contributed by atoms with Gasteiger partial charge in [-0.2, -0.15) is 5.10 Å². The molecule has 1 aliphatic carbocycles. The molecule has 0 bridgehead atoms. The molecule has 1 fully saturated rings. The summed E-state index contributed by atoms with van der Waals surface area (Å²) in [5, 5.41) is 23.5. The van der Waals surface area contributed by atoms with Crippen LogP contribution in [0.2, 0.25) is 0 Å². The minimum absolute atomic E-state index is 0.150. The molecule has 2 amide bonds. The summed E-state index contributed by atoms with van der Waals surface area (Å²) in [5.41, 5.74) is 1.83. The standard InChI is InChI=1S/C28H26F3N7O3S/c29-28(30,31)41-22-6-3-4-17(14-22)15-24(39)33-23-10-9-21(35-36-23)13-18-7-8-19(12-18)26-37-38-27(42-26)34-25(40)16-20-5-1-2-11-32-20/h1-6,9-11,14,18-19H,7-8,12-13,15-16H2,(H,33,36,39)(H,34,38,40)/t18-,19+/m1/s1. The van der Waals surface area contributed by atoms with Crippen LogP contribution in [0.25, 0.3) is 0 Å². The van der Waals surface area contributed by atoms with Crippen molar-refractivity contribution in [2.45, 2.75) is 50.8 Å². The van der Waals surface area contributed by atoms with E-state index in [0.717, 1.165) is 36.4 Å². The number of halogens is 3. The Balaban J connectivity index is 1.07. The first kappa shape index (κ1) is 29.0. The van der Waals surface area contributed by atoms with Crippen LogP contribution in [-0.4, -0.2) is 43.6 Å². The number of pyridine rings is 1. The quantitative estimate of drug-likeness (QED) is 0.258. The van der Waals surface area contributed by atoms with Gasteiger partial charge in [-0.15, -0.1) is 28.5 Å². The SMILES string of the molecule is O=C(Cc1cccc(OC(F)(F)F)c1)Nc1ccc(C[C@@H]2CC[C@H](c3nnc(NC(=O)Cc4ccccn4)s3)C2)nn1. The first-order valence-corrected chi connectivity index (χ1v) is 14.0. The van der Waals surface area contributed by atoms with Gasteiger partial charge in [-0.3, -0.25) is 14.6 Å². The number of hydrogen-bond donors (Lipinski definition) is 2. The number of anilines is 2. The van der Waals surface area contributed by atoms with E-state index in [0.29, 0.717) is 22.3 Å². The smallest absolute Gasteiger partial charge is 0.406 e. The van der Waals surface area contributed by atoms with Crippen molar-refractivity contribution in [3.8, 4) is 5.75 Å². The van der Waals surface area contributed by atoms with Crippen LogP contribution in [0.15, 0.2) is 60.8 Å². The Hall–Kier alpha value is -4.46. The molecule has 5 rings (SSSR count). The maximum atomic E-state index is 12.4. The lowest BCUT2D eigenvalue weighted by Crippen LogP contribution is -2.18. The monoisotopic (exact) mass is 597 g/mol. The van der Waals surface area contributed by atoms with Gasteiger partial charge in [0.2, 0.25) is 16.9 Å². The highest BCUT2D eigenvalue weighted by Gasteiger charge is 2.31. The number of nitrogens with zero attached hydrogens (tertiary/aromatic N) is 5. The molecule has 2 atom stereocenters. The van der Waals surface area contributed by atoms with Gasteiger partial charge in [0.1, 0.15) is 10.8 Å². The molecule has 10 nitrogen and oxygen atoms in total. The van der Waals surface area contributed by atoms with Gasteiger partial charge in [0.25, 0.3) is 0 Å². The lowest BCUT2D eigenvalue weighted by Gasteiger charge is -2.10. The van der Waals surface area contributed by atoms with Crippen LogP contribution < -0.4 is 15.4 Å². The molecule has 0 saturated heterocycles. The first-order chi connectivity index (χ1) is 20.2. The van der Waals surface area contributed by atoms with Crippen molar-refractivity contribution in [1.29, 1.82) is 0 Å². The zero-order valence-electron chi connectivity index (χ0n) is 22.2. The van der Waals surface area contributed by atoms with Crippen molar-refractivity contribution in [3.05, 3.63) is 82.8 Å². The third kappa shape index (κ3) is 8.52. The van der Waals surface area contributed by atoms with Gasteiger partial charge in [-0.1, -0.05) is 29.5 Å². The highest BCUT2D eigenvalue weighted by atomic mass is 32.1. The van der Waals surface area contributed by atoms with Crippen LogP contribution in [0.3, 0.4) is 0 Å². The zero-order chi connectivity index (χ0) is 29.5. The van der Waals surface area contributed by atoms with Gasteiger partial charge in [-0.05, 0) is 73.6 Å². The summed E-state index contributed by atoms with van der Waals surface area (Å²) in [4.78, 5) is 28.8. The molecule has 42 heavy (non-hydrogen) atoms. The summed E-state index contributed by atoms with van der Waals surface area (Å²) < 4.78 is 41.2. The first-order valence-electron chi connectivity index (χ1n) is 13.2. The predicted molar refractivity (Wildman–Crippen MR) is 148 cm³/mol. The van der Waals surface area contributed by atoms with Crippen molar-refractivity contribution in [3.63, 3.8) is 0 Å². The maximum absolute atomic E-state index is 12.4. The van der Waals surface area contributed by atoms with Crippen LogP contribution in [0, 0.1) is 5.92 Å². The van der Waals surface area contributed by atoms with E-state index in [1.54, 1.807) is 30.5 Å². The molecule has 2 N–H and O–H groups in total. The third-order valence-electron chi connectivity index (χ3n) is 6.63. The molecule has 4 aromatic rings. The molecule has 3 aromatic heterocycles. The Morgan fingerprint density at radius 1 is 0.905 bits per heavy atom. The molecule has 0 radical (unpaired) electrons. The predicted octanol–water partition coefficient (Wildman–Crippen LogP) is 5.11. The Bertz CT molecular complexity index is 1520. The van der Waals surface area contributed by atoms with Crippen molar-refractivity contribution in [1.82, 2.24) is 25.4 Å². The fourth-order valence-electron chi connectivity index (χ4n) is 4.82. The van der Waals surface area contributed by atoms with E-state index < -0.39 is 12.3 Å². The fraction of sp³-hybridized carbons (Fsp3) is 0.321. The van der Waals surface area contributed by atoms with Gasteiger partial charge < -0.3 is 15.4 Å². The number of alkyl halides is 3. The van der Waals surface area contributed by atoms with E-state index in [1.807, 2.05) is 6.07 Å². The summed E-state index contributed by atoms with van der Waals surface area (Å²) in [6, 6.07) is 14.1. The second-order valence-corrected chi connectivity index (χ2v) is 10.9. The molecule has 14 heteroatoms. The van der Waals surface area contributed by atoms with E-state index in [2.05, 4.69) is 40.7 Å². The maximum Gasteiger partial charge on any atom is 0.573 e. The van der Waals surface area contributed by atoms with E-state index >= 15 is 0 Å². The van der Waals surface area contributed by atoms with Gasteiger partial charge in [0.15, 0.2) is 5.82 Å². The number of amides is 2. The highest BCUT2D eigenvalue weighted by molar-refractivity contribution is 7.15. The van der Waals surface area contributed by atoms with E-state index in [4.69, 9.17) is 0 Å². The number of ether oxygens (including phenoxy) is 1.